The van der Waals surface area contributed by atoms with Crippen molar-refractivity contribution in [3.63, 3.8) is 0 Å². The second-order valence-corrected chi connectivity index (χ2v) is 4.14. The molecule has 0 heterocycles. The van der Waals surface area contributed by atoms with Crippen molar-refractivity contribution in [3.8, 4) is 5.75 Å². The molecule has 0 spiro atoms. The number of nitrogens with one attached hydrogen (secondary N) is 1. The van der Waals surface area contributed by atoms with E-state index in [4.69, 9.17) is 5.73 Å². The number of nitrogens with two attached hydrogens (primary N) is 1. The number of carbonyl (C=O) groups is 1. The zero-order valence-corrected chi connectivity index (χ0v) is 10.3. The van der Waals surface area contributed by atoms with E-state index < -0.39 is 11.7 Å². The molecular weight excluding hydrogens is 247 g/mol. The van der Waals surface area contributed by atoms with Crippen LogP contribution in [0.2, 0.25) is 0 Å². The van der Waals surface area contributed by atoms with Crippen molar-refractivity contribution in [1.29, 1.82) is 0 Å². The quantitative estimate of drug-likeness (QED) is 0.727. The molecular formula is C14H13FN2O2. The van der Waals surface area contributed by atoms with Crippen LogP contribution in [0.25, 0.3) is 0 Å². The van der Waals surface area contributed by atoms with Crippen molar-refractivity contribution < 1.29 is 14.3 Å². The van der Waals surface area contributed by atoms with Crippen LogP contribution in [-0.2, 0) is 0 Å². The Morgan fingerprint density at radius 1 is 1.32 bits per heavy atom. The summed E-state index contributed by atoms with van der Waals surface area (Å²) in [5.41, 5.74) is 7.38. The van der Waals surface area contributed by atoms with E-state index in [-0.39, 0.29) is 11.3 Å². The number of halogens is 1. The molecule has 0 radical (unpaired) electrons. The molecule has 2 rings (SSSR count). The first-order valence-corrected chi connectivity index (χ1v) is 5.64. The maximum atomic E-state index is 13.1. The molecule has 4 nitrogen and oxygen atoms in total. The van der Waals surface area contributed by atoms with E-state index in [9.17, 15) is 14.3 Å². The molecule has 4 N–H and O–H groups in total. The van der Waals surface area contributed by atoms with Crippen LogP contribution in [0.15, 0.2) is 36.4 Å². The molecule has 0 unspecified atom stereocenters. The van der Waals surface area contributed by atoms with E-state index in [0.717, 1.165) is 18.2 Å². The molecule has 0 fully saturated rings. The zero-order valence-electron chi connectivity index (χ0n) is 10.3. The summed E-state index contributed by atoms with van der Waals surface area (Å²) in [7, 11) is 0. The summed E-state index contributed by atoms with van der Waals surface area (Å²) in [6, 6.07) is 8.29. The van der Waals surface area contributed by atoms with Crippen LogP contribution >= 0.6 is 0 Å². The lowest BCUT2D eigenvalue weighted by molar-refractivity contribution is 0.102. The third-order valence-electron chi connectivity index (χ3n) is 2.83. The lowest BCUT2D eigenvalue weighted by Gasteiger charge is -2.11. The van der Waals surface area contributed by atoms with Gasteiger partial charge in [-0.25, -0.2) is 4.39 Å². The van der Waals surface area contributed by atoms with Gasteiger partial charge in [-0.05, 0) is 42.8 Å². The number of nitrogen functional groups attached to an aromatic ring is 1. The standard InChI is InChI=1S/C14H13FN2O2/c1-8-11(16)3-2-4-12(8)17-14(19)10-7-9(15)5-6-13(10)18/h2-7,18H,16H2,1H3,(H,17,19). The smallest absolute Gasteiger partial charge is 0.259 e. The predicted octanol–water partition coefficient (Wildman–Crippen LogP) is 2.67. The fourth-order valence-electron chi connectivity index (χ4n) is 1.67. The van der Waals surface area contributed by atoms with Crippen molar-refractivity contribution in [2.75, 3.05) is 11.1 Å². The number of phenolic OH excluding ortho intramolecular Hbond substituents is 1. The first kappa shape index (κ1) is 12.9. The lowest BCUT2D eigenvalue weighted by atomic mass is 10.1. The van der Waals surface area contributed by atoms with Crippen LogP contribution in [0.1, 0.15) is 15.9 Å². The molecule has 0 atom stereocenters. The summed E-state index contributed by atoms with van der Waals surface area (Å²) in [6.45, 7) is 1.76. The van der Waals surface area contributed by atoms with Gasteiger partial charge >= 0.3 is 0 Å². The SMILES string of the molecule is Cc1c(N)cccc1NC(=O)c1cc(F)ccc1O. The summed E-state index contributed by atoms with van der Waals surface area (Å²) >= 11 is 0. The van der Waals surface area contributed by atoms with Gasteiger partial charge in [-0.1, -0.05) is 6.07 Å². The first-order chi connectivity index (χ1) is 8.99. The molecule has 0 saturated heterocycles. The first-order valence-electron chi connectivity index (χ1n) is 5.64. The molecule has 5 heteroatoms. The van der Waals surface area contributed by atoms with Gasteiger partial charge in [-0.15, -0.1) is 0 Å². The summed E-state index contributed by atoms with van der Waals surface area (Å²) in [5, 5.41) is 12.1. The topological polar surface area (TPSA) is 75.3 Å². The second kappa shape index (κ2) is 4.97. The number of hydrogen-bond donors (Lipinski definition) is 3. The zero-order chi connectivity index (χ0) is 14.0. The predicted molar refractivity (Wildman–Crippen MR) is 71.6 cm³/mol. The largest absolute Gasteiger partial charge is 0.507 e. The Labute approximate surface area is 109 Å². The minimum absolute atomic E-state index is 0.123. The number of anilines is 2. The van der Waals surface area contributed by atoms with Gasteiger partial charge in [0.25, 0.3) is 5.91 Å². The molecule has 1 amide bonds. The molecule has 0 saturated carbocycles. The average Bonchev–Trinajstić information content (AvgIpc) is 2.38. The Hall–Kier alpha value is -2.56. The van der Waals surface area contributed by atoms with Crippen LogP contribution in [0.3, 0.4) is 0 Å². The third-order valence-corrected chi connectivity index (χ3v) is 2.83. The van der Waals surface area contributed by atoms with E-state index in [1.807, 2.05) is 0 Å². The minimum Gasteiger partial charge on any atom is -0.507 e. The summed E-state index contributed by atoms with van der Waals surface area (Å²) in [5.74, 6) is -1.46. The lowest BCUT2D eigenvalue weighted by Crippen LogP contribution is -2.13. The van der Waals surface area contributed by atoms with Crippen molar-refractivity contribution in [3.05, 3.63) is 53.3 Å². The Balaban J connectivity index is 2.31. The number of amides is 1. The number of benzene rings is 2. The molecule has 19 heavy (non-hydrogen) atoms. The molecule has 0 bridgehead atoms. The van der Waals surface area contributed by atoms with Crippen LogP contribution in [-0.4, -0.2) is 11.0 Å². The van der Waals surface area contributed by atoms with E-state index in [1.165, 1.54) is 0 Å². The Morgan fingerprint density at radius 3 is 2.79 bits per heavy atom. The monoisotopic (exact) mass is 260 g/mol. The molecule has 0 aliphatic rings. The normalized spacial score (nSPS) is 10.2. The van der Waals surface area contributed by atoms with Crippen molar-refractivity contribution in [2.45, 2.75) is 6.92 Å². The molecule has 2 aromatic rings. The maximum absolute atomic E-state index is 13.1. The summed E-state index contributed by atoms with van der Waals surface area (Å²) in [4.78, 5) is 12.0. The highest BCUT2D eigenvalue weighted by atomic mass is 19.1. The van der Waals surface area contributed by atoms with Crippen molar-refractivity contribution in [2.24, 2.45) is 0 Å². The van der Waals surface area contributed by atoms with Crippen LogP contribution in [0, 0.1) is 12.7 Å². The maximum Gasteiger partial charge on any atom is 0.259 e. The molecule has 0 aliphatic heterocycles. The van der Waals surface area contributed by atoms with Crippen LogP contribution in [0.4, 0.5) is 15.8 Å². The molecule has 98 valence electrons. The second-order valence-electron chi connectivity index (χ2n) is 4.14. The van der Waals surface area contributed by atoms with Gasteiger partial charge in [0.15, 0.2) is 0 Å². The van der Waals surface area contributed by atoms with Gasteiger partial charge in [-0.2, -0.15) is 0 Å². The highest BCUT2D eigenvalue weighted by molar-refractivity contribution is 6.06. The van der Waals surface area contributed by atoms with Gasteiger partial charge < -0.3 is 16.2 Å². The Morgan fingerprint density at radius 2 is 2.05 bits per heavy atom. The number of carbonyl (C=O) groups excluding carboxylic acids is 1. The average molecular weight is 260 g/mol. The fourth-order valence-corrected chi connectivity index (χ4v) is 1.67. The Bertz CT molecular complexity index is 641. The molecule has 2 aromatic carbocycles. The fraction of sp³-hybridized carbons (Fsp3) is 0.0714. The number of rotatable bonds is 2. The van der Waals surface area contributed by atoms with E-state index in [0.29, 0.717) is 16.9 Å². The number of aromatic hydroxyl groups is 1. The highest BCUT2D eigenvalue weighted by Crippen LogP contribution is 2.23. The van der Waals surface area contributed by atoms with Crippen molar-refractivity contribution in [1.82, 2.24) is 0 Å². The summed E-state index contributed by atoms with van der Waals surface area (Å²) in [6.07, 6.45) is 0. The molecule has 0 aromatic heterocycles. The van der Waals surface area contributed by atoms with Crippen LogP contribution < -0.4 is 11.1 Å². The van der Waals surface area contributed by atoms with Gasteiger partial charge in [0, 0.05) is 11.4 Å². The number of phenols is 1. The summed E-state index contributed by atoms with van der Waals surface area (Å²) < 4.78 is 13.1. The highest BCUT2D eigenvalue weighted by Gasteiger charge is 2.13. The van der Waals surface area contributed by atoms with Gasteiger partial charge in [-0.3, -0.25) is 4.79 Å². The van der Waals surface area contributed by atoms with Gasteiger partial charge in [0.1, 0.15) is 11.6 Å². The van der Waals surface area contributed by atoms with Gasteiger partial charge in [0.05, 0.1) is 5.56 Å². The molecule has 0 aliphatic carbocycles. The van der Waals surface area contributed by atoms with E-state index >= 15 is 0 Å². The van der Waals surface area contributed by atoms with Gasteiger partial charge in [0.2, 0.25) is 0 Å². The van der Waals surface area contributed by atoms with E-state index in [1.54, 1.807) is 25.1 Å². The van der Waals surface area contributed by atoms with E-state index in [2.05, 4.69) is 5.32 Å². The Kier molecular flexibility index (Phi) is 3.37. The minimum atomic E-state index is -0.592. The number of hydrogen-bond acceptors (Lipinski definition) is 3. The van der Waals surface area contributed by atoms with Crippen LogP contribution in [0.5, 0.6) is 5.75 Å². The van der Waals surface area contributed by atoms with Crippen molar-refractivity contribution >= 4 is 17.3 Å². The third kappa shape index (κ3) is 2.65.